The molecule has 3 aromatic rings. The summed E-state index contributed by atoms with van der Waals surface area (Å²) in [7, 11) is -2.46. The van der Waals surface area contributed by atoms with Crippen LogP contribution in [-0.4, -0.2) is 58.9 Å². The van der Waals surface area contributed by atoms with Crippen LogP contribution in [0, 0.1) is 11.3 Å². The van der Waals surface area contributed by atoms with Crippen LogP contribution in [0.25, 0.3) is 5.52 Å². The number of rotatable bonds is 4. The monoisotopic (exact) mass is 412 g/mol. The molecule has 0 spiro atoms. The Balaban J connectivity index is 1.61. The minimum atomic E-state index is -2.46. The van der Waals surface area contributed by atoms with Gasteiger partial charge in [-0.1, -0.05) is 6.07 Å². The lowest BCUT2D eigenvalue weighted by Gasteiger charge is -2.40. The summed E-state index contributed by atoms with van der Waals surface area (Å²) in [6, 6.07) is 10.8. The molecule has 10 heteroatoms. The van der Waals surface area contributed by atoms with Crippen molar-refractivity contribution in [1.82, 2.24) is 19.3 Å². The van der Waals surface area contributed by atoms with Crippen molar-refractivity contribution in [3.63, 3.8) is 0 Å². The number of hydrogen-bond donors (Lipinski definition) is 3. The lowest BCUT2D eigenvalue weighted by atomic mass is 10.3. The van der Waals surface area contributed by atoms with E-state index in [1.807, 2.05) is 24.3 Å². The molecule has 0 saturated carbocycles. The number of nitrogens with zero attached hydrogens (tertiary/aromatic N) is 5. The van der Waals surface area contributed by atoms with Gasteiger partial charge in [-0.15, -0.1) is 0 Å². The van der Waals surface area contributed by atoms with Crippen molar-refractivity contribution in [3.8, 4) is 6.07 Å². The van der Waals surface area contributed by atoms with Crippen molar-refractivity contribution in [2.75, 3.05) is 29.9 Å². The molecule has 1 saturated heterocycles. The van der Waals surface area contributed by atoms with Crippen LogP contribution in [0.3, 0.4) is 0 Å². The maximum atomic E-state index is 12.9. The number of nitrogens with one attached hydrogen (secondary N) is 1. The number of pyridine rings is 2. The van der Waals surface area contributed by atoms with Crippen LogP contribution >= 0.6 is 10.6 Å². The lowest BCUT2D eigenvalue weighted by molar-refractivity contribution is 0.101. The Hall–Kier alpha value is -2.97. The molecule has 1 amide bonds. The zero-order valence-electron chi connectivity index (χ0n) is 15.5. The number of carbonyl (C=O) groups is 1. The highest BCUT2D eigenvalue weighted by Gasteiger charge is 2.25. The first-order valence-corrected chi connectivity index (χ1v) is 10.9. The van der Waals surface area contributed by atoms with E-state index in [-0.39, 0.29) is 17.2 Å². The molecule has 0 aromatic carbocycles. The van der Waals surface area contributed by atoms with Crippen molar-refractivity contribution >= 4 is 27.8 Å². The number of imidazole rings is 1. The fourth-order valence-electron chi connectivity index (χ4n) is 3.27. The van der Waals surface area contributed by atoms with Crippen LogP contribution in [-0.2, 0) is 6.54 Å². The van der Waals surface area contributed by atoms with Crippen molar-refractivity contribution < 1.29 is 13.9 Å². The number of nitriles is 1. The number of anilines is 1. The average Bonchev–Trinajstić information content (AvgIpc) is 3.09. The minimum Gasteiger partial charge on any atom is -0.303 e. The minimum absolute atomic E-state index is 0.190. The van der Waals surface area contributed by atoms with Crippen LogP contribution in [0.5, 0.6) is 0 Å². The highest BCUT2D eigenvalue weighted by molar-refractivity contribution is 8.24. The molecule has 0 unspecified atom stereocenters. The van der Waals surface area contributed by atoms with E-state index in [9.17, 15) is 19.2 Å². The zero-order valence-corrected chi connectivity index (χ0v) is 16.3. The molecule has 0 bridgehead atoms. The summed E-state index contributed by atoms with van der Waals surface area (Å²) >= 11 is 0. The predicted octanol–water partition coefficient (Wildman–Crippen LogP) is 2.42. The van der Waals surface area contributed by atoms with E-state index in [2.05, 4.69) is 20.2 Å². The third-order valence-electron chi connectivity index (χ3n) is 4.83. The maximum Gasteiger partial charge on any atom is 0.293 e. The van der Waals surface area contributed by atoms with Crippen LogP contribution in [0.2, 0.25) is 0 Å². The van der Waals surface area contributed by atoms with E-state index in [1.165, 1.54) is 6.20 Å². The second-order valence-electron chi connectivity index (χ2n) is 6.79. The van der Waals surface area contributed by atoms with E-state index in [4.69, 9.17) is 0 Å². The maximum absolute atomic E-state index is 12.9. The highest BCUT2D eigenvalue weighted by Crippen LogP contribution is 2.40. The van der Waals surface area contributed by atoms with Crippen LogP contribution in [0.4, 0.5) is 5.82 Å². The fourth-order valence-corrected chi connectivity index (χ4v) is 4.58. The predicted molar refractivity (Wildman–Crippen MR) is 110 cm³/mol. The Bertz CT molecular complexity index is 1100. The first-order valence-electron chi connectivity index (χ1n) is 9.05. The van der Waals surface area contributed by atoms with E-state index in [1.54, 1.807) is 22.7 Å². The molecule has 150 valence electrons. The van der Waals surface area contributed by atoms with Gasteiger partial charge >= 0.3 is 0 Å². The molecular formula is C19H20N6O3S. The summed E-state index contributed by atoms with van der Waals surface area (Å²) in [6.07, 6.45) is 3.27. The van der Waals surface area contributed by atoms with Gasteiger partial charge in [-0.3, -0.25) is 23.2 Å². The standard InChI is InChI=1S/C19H20N6O3S/c20-12-14-4-3-6-21-17(14)23-19(26)18-22-15(16-5-1-2-7-25(16)18)13-24-8-10-29(27,28)11-9-24/h1-7,27-28H,8-11,13H2,(H,21,23,26). The molecule has 0 aliphatic carbocycles. The summed E-state index contributed by atoms with van der Waals surface area (Å²) in [6.45, 7) is 1.63. The van der Waals surface area contributed by atoms with Gasteiger partial charge in [-0.25, -0.2) is 9.97 Å². The van der Waals surface area contributed by atoms with Crippen molar-refractivity contribution in [3.05, 3.63) is 59.8 Å². The third-order valence-corrected chi connectivity index (χ3v) is 6.50. The third kappa shape index (κ3) is 4.08. The number of carbonyl (C=O) groups excluding carboxylic acids is 1. The molecular weight excluding hydrogens is 392 g/mol. The van der Waals surface area contributed by atoms with Crippen molar-refractivity contribution in [2.24, 2.45) is 0 Å². The SMILES string of the molecule is N#Cc1cccnc1NC(=O)c1nc(CN2CCS(O)(O)CC2)c2ccccn12. The molecule has 0 atom stereocenters. The molecule has 3 N–H and O–H groups in total. The fraction of sp³-hybridized carbons (Fsp3) is 0.263. The number of fused-ring (bicyclic) bond motifs is 1. The molecule has 1 fully saturated rings. The molecule has 3 aromatic heterocycles. The second kappa shape index (κ2) is 7.81. The Morgan fingerprint density at radius 3 is 2.79 bits per heavy atom. The van der Waals surface area contributed by atoms with Gasteiger partial charge in [-0.2, -0.15) is 15.9 Å². The summed E-state index contributed by atoms with van der Waals surface area (Å²) < 4.78 is 21.3. The first kappa shape index (κ1) is 19.4. The van der Waals surface area contributed by atoms with Gasteiger partial charge in [0.15, 0.2) is 5.82 Å². The Labute approximate surface area is 169 Å². The number of aromatic nitrogens is 3. The van der Waals surface area contributed by atoms with Crippen LogP contribution < -0.4 is 5.32 Å². The van der Waals surface area contributed by atoms with Gasteiger partial charge in [0.05, 0.1) is 28.3 Å². The topological polar surface area (TPSA) is 127 Å². The Morgan fingerprint density at radius 2 is 2.03 bits per heavy atom. The van der Waals surface area contributed by atoms with E-state index >= 15 is 0 Å². The van der Waals surface area contributed by atoms with Gasteiger partial charge in [-0.05, 0) is 24.3 Å². The van der Waals surface area contributed by atoms with Gasteiger partial charge in [0.2, 0.25) is 5.82 Å². The van der Waals surface area contributed by atoms with Crippen LogP contribution in [0.1, 0.15) is 21.9 Å². The van der Waals surface area contributed by atoms with Gasteiger partial charge in [0.1, 0.15) is 6.07 Å². The molecule has 0 radical (unpaired) electrons. The Kier molecular flexibility index (Phi) is 5.21. The van der Waals surface area contributed by atoms with E-state index in [0.29, 0.717) is 31.1 Å². The summed E-state index contributed by atoms with van der Waals surface area (Å²) in [5.41, 5.74) is 1.81. The second-order valence-corrected chi connectivity index (χ2v) is 9.21. The molecule has 4 heterocycles. The van der Waals surface area contributed by atoms with E-state index < -0.39 is 16.5 Å². The molecule has 4 rings (SSSR count). The van der Waals surface area contributed by atoms with Gasteiger partial charge < -0.3 is 5.32 Å². The van der Waals surface area contributed by atoms with Crippen molar-refractivity contribution in [2.45, 2.75) is 6.54 Å². The number of amides is 1. The van der Waals surface area contributed by atoms with E-state index in [0.717, 1.165) is 11.2 Å². The highest BCUT2D eigenvalue weighted by atomic mass is 32.3. The first-order chi connectivity index (χ1) is 14.0. The largest absolute Gasteiger partial charge is 0.303 e. The molecule has 29 heavy (non-hydrogen) atoms. The number of hydrogen-bond acceptors (Lipinski definition) is 7. The molecule has 9 nitrogen and oxygen atoms in total. The zero-order chi connectivity index (χ0) is 20.4. The molecule has 1 aliphatic rings. The average molecular weight is 412 g/mol. The summed E-state index contributed by atoms with van der Waals surface area (Å²) in [5, 5.41) is 11.9. The Morgan fingerprint density at radius 1 is 1.24 bits per heavy atom. The lowest BCUT2D eigenvalue weighted by Crippen LogP contribution is -2.37. The quantitative estimate of drug-likeness (QED) is 0.600. The van der Waals surface area contributed by atoms with Crippen molar-refractivity contribution in [1.29, 1.82) is 5.26 Å². The van der Waals surface area contributed by atoms with Crippen LogP contribution in [0.15, 0.2) is 42.7 Å². The van der Waals surface area contributed by atoms with Gasteiger partial charge in [0.25, 0.3) is 5.91 Å². The smallest absolute Gasteiger partial charge is 0.293 e. The summed E-state index contributed by atoms with van der Waals surface area (Å²) in [5.74, 6) is 0.633. The normalized spacial score (nSPS) is 17.6. The van der Waals surface area contributed by atoms with Gasteiger partial charge in [0, 0.05) is 32.0 Å². The molecule has 1 aliphatic heterocycles. The summed E-state index contributed by atoms with van der Waals surface area (Å²) in [4.78, 5) is 23.6.